The smallest absolute Gasteiger partial charge is 0.385 e. The first-order valence-corrected chi connectivity index (χ1v) is 14.2. The number of aliphatic hydroxyl groups is 1. The minimum absolute atomic E-state index is 0.00111. The molecule has 8 nitrogen and oxygen atoms in total. The molecule has 4 rings (SSSR count). The maximum atomic E-state index is 14.3. The lowest BCUT2D eigenvalue weighted by Crippen LogP contribution is -2.24. The summed E-state index contributed by atoms with van der Waals surface area (Å²) in [6.45, 7) is 7.00. The third-order valence-electron chi connectivity index (χ3n) is 6.75. The molecular formula is C27H31F3N4O4S. The zero-order chi connectivity index (χ0) is 29.0. The van der Waals surface area contributed by atoms with E-state index in [0.717, 1.165) is 6.26 Å². The number of carbonyl (C=O) groups is 1. The zero-order valence-electron chi connectivity index (χ0n) is 22.3. The van der Waals surface area contributed by atoms with E-state index in [-0.39, 0.29) is 47.6 Å². The summed E-state index contributed by atoms with van der Waals surface area (Å²) in [6.07, 6.45) is -1.86. The minimum Gasteiger partial charge on any atom is -0.385 e. The highest BCUT2D eigenvalue weighted by Gasteiger charge is 2.49. The number of alkyl halides is 3. The molecule has 2 N–H and O–H groups in total. The van der Waals surface area contributed by atoms with Gasteiger partial charge in [0.1, 0.15) is 11.5 Å². The summed E-state index contributed by atoms with van der Waals surface area (Å²) < 4.78 is 67.6. The number of imidazole rings is 1. The molecule has 0 aliphatic heterocycles. The number of benzene rings is 1. The van der Waals surface area contributed by atoms with Crippen LogP contribution in [0.3, 0.4) is 0 Å². The van der Waals surface area contributed by atoms with Crippen LogP contribution in [0.4, 0.5) is 13.2 Å². The molecule has 0 radical (unpaired) electrons. The Hall–Kier alpha value is -3.25. The van der Waals surface area contributed by atoms with Gasteiger partial charge in [-0.05, 0) is 43.0 Å². The molecule has 12 heteroatoms. The van der Waals surface area contributed by atoms with Gasteiger partial charge < -0.3 is 15.0 Å². The number of pyridine rings is 1. The van der Waals surface area contributed by atoms with Crippen LogP contribution in [0.1, 0.15) is 78.0 Å². The molecule has 1 aliphatic carbocycles. The summed E-state index contributed by atoms with van der Waals surface area (Å²) in [5.41, 5.74) is -2.20. The number of amides is 1. The van der Waals surface area contributed by atoms with Gasteiger partial charge in [0, 0.05) is 30.1 Å². The predicted molar refractivity (Wildman–Crippen MR) is 138 cm³/mol. The van der Waals surface area contributed by atoms with Gasteiger partial charge in [-0.15, -0.1) is 0 Å². The molecule has 39 heavy (non-hydrogen) atoms. The van der Waals surface area contributed by atoms with E-state index >= 15 is 0 Å². The van der Waals surface area contributed by atoms with Crippen molar-refractivity contribution in [3.8, 4) is 0 Å². The van der Waals surface area contributed by atoms with Crippen molar-refractivity contribution in [2.75, 3.05) is 6.26 Å². The molecule has 1 amide bonds. The summed E-state index contributed by atoms with van der Waals surface area (Å²) >= 11 is 0. The van der Waals surface area contributed by atoms with Gasteiger partial charge in [-0.25, -0.2) is 13.4 Å². The number of carbonyl (C=O) groups excluding carboxylic acids is 1. The van der Waals surface area contributed by atoms with E-state index < -0.39 is 38.5 Å². The number of rotatable bonds is 7. The lowest BCUT2D eigenvalue weighted by atomic mass is 9.93. The van der Waals surface area contributed by atoms with Crippen LogP contribution in [0.25, 0.3) is 0 Å². The Morgan fingerprint density at radius 1 is 1.15 bits per heavy atom. The number of nitrogens with zero attached hydrogens (tertiary/aromatic N) is 3. The fourth-order valence-electron chi connectivity index (χ4n) is 4.52. The van der Waals surface area contributed by atoms with Crippen molar-refractivity contribution in [2.24, 2.45) is 0 Å². The third-order valence-corrected chi connectivity index (χ3v) is 7.85. The van der Waals surface area contributed by atoms with Crippen molar-refractivity contribution in [3.05, 3.63) is 76.1 Å². The highest BCUT2D eigenvalue weighted by molar-refractivity contribution is 7.90. The fraction of sp³-hybridized carbons (Fsp3) is 0.444. The maximum absolute atomic E-state index is 14.3. The normalized spacial score (nSPS) is 15.3. The van der Waals surface area contributed by atoms with E-state index in [1.54, 1.807) is 11.5 Å². The predicted octanol–water partition coefficient (Wildman–Crippen LogP) is 4.27. The van der Waals surface area contributed by atoms with Gasteiger partial charge in [-0.3, -0.25) is 9.78 Å². The Balaban J connectivity index is 1.67. The first-order valence-electron chi connectivity index (χ1n) is 12.3. The number of halogens is 3. The highest BCUT2D eigenvalue weighted by atomic mass is 32.2. The van der Waals surface area contributed by atoms with E-state index in [2.05, 4.69) is 15.3 Å². The van der Waals surface area contributed by atoms with E-state index in [0.29, 0.717) is 17.2 Å². The quantitative estimate of drug-likeness (QED) is 0.443. The van der Waals surface area contributed by atoms with Crippen LogP contribution in [0.2, 0.25) is 0 Å². The number of nitrogens with one attached hydrogen (secondary N) is 1. The fourth-order valence-corrected chi connectivity index (χ4v) is 5.08. The molecule has 2 aromatic heterocycles. The van der Waals surface area contributed by atoms with E-state index in [4.69, 9.17) is 0 Å². The lowest BCUT2D eigenvalue weighted by molar-refractivity contribution is -0.140. The van der Waals surface area contributed by atoms with Crippen LogP contribution >= 0.6 is 0 Å². The minimum atomic E-state index is -4.68. The molecule has 0 saturated heterocycles. The van der Waals surface area contributed by atoms with Gasteiger partial charge in [-0.1, -0.05) is 39.0 Å². The van der Waals surface area contributed by atoms with Crippen LogP contribution in [0.5, 0.6) is 0 Å². The van der Waals surface area contributed by atoms with E-state index in [1.807, 2.05) is 20.8 Å². The van der Waals surface area contributed by atoms with Crippen molar-refractivity contribution in [1.82, 2.24) is 19.9 Å². The van der Waals surface area contributed by atoms with Crippen molar-refractivity contribution >= 4 is 15.7 Å². The molecule has 0 spiro atoms. The molecule has 210 valence electrons. The van der Waals surface area contributed by atoms with Crippen LogP contribution in [-0.4, -0.2) is 40.2 Å². The zero-order valence-corrected chi connectivity index (χ0v) is 23.2. The molecule has 1 aromatic carbocycles. The maximum Gasteiger partial charge on any atom is 0.417 e. The monoisotopic (exact) mass is 564 g/mol. The molecular weight excluding hydrogens is 533 g/mol. The van der Waals surface area contributed by atoms with E-state index in [9.17, 15) is 31.5 Å². The van der Waals surface area contributed by atoms with Gasteiger partial charge in [-0.2, -0.15) is 13.2 Å². The summed E-state index contributed by atoms with van der Waals surface area (Å²) in [6, 6.07) is 7.10. The number of hydrogen-bond acceptors (Lipinski definition) is 6. The van der Waals surface area contributed by atoms with Crippen molar-refractivity contribution in [1.29, 1.82) is 0 Å². The highest BCUT2D eigenvalue weighted by Crippen LogP contribution is 2.50. The average Bonchev–Trinajstić information content (AvgIpc) is 3.49. The molecule has 3 aromatic rings. The second-order valence-corrected chi connectivity index (χ2v) is 13.0. The Morgan fingerprint density at radius 2 is 1.82 bits per heavy atom. The third kappa shape index (κ3) is 6.01. The Labute approximate surface area is 225 Å². The van der Waals surface area contributed by atoms with Crippen molar-refractivity contribution in [3.63, 3.8) is 0 Å². The first-order chi connectivity index (χ1) is 17.9. The SMILES string of the molecule is Cc1c(C(=O)NCc2ccc(S(C)(=O)=O)cn2)nc(C(C)(C)C)n1Cc1cccc(C2(O)CC2)c1C(F)(F)F. The van der Waals surface area contributed by atoms with E-state index in [1.165, 1.54) is 36.5 Å². The van der Waals surface area contributed by atoms with Gasteiger partial charge in [0.25, 0.3) is 5.91 Å². The van der Waals surface area contributed by atoms with Crippen molar-refractivity contribution < 1.29 is 31.5 Å². The van der Waals surface area contributed by atoms with Gasteiger partial charge >= 0.3 is 6.18 Å². The first kappa shape index (κ1) is 28.8. The van der Waals surface area contributed by atoms with Gasteiger partial charge in [0.05, 0.1) is 28.3 Å². The molecule has 0 bridgehead atoms. The van der Waals surface area contributed by atoms with Gasteiger partial charge in [0.2, 0.25) is 0 Å². The van der Waals surface area contributed by atoms with Crippen LogP contribution in [0, 0.1) is 6.92 Å². The van der Waals surface area contributed by atoms with Crippen LogP contribution < -0.4 is 5.32 Å². The molecule has 1 saturated carbocycles. The summed E-state index contributed by atoms with van der Waals surface area (Å²) in [4.78, 5) is 21.8. The number of aromatic nitrogens is 3. The largest absolute Gasteiger partial charge is 0.417 e. The second kappa shape index (κ2) is 9.74. The molecule has 1 fully saturated rings. The van der Waals surface area contributed by atoms with Crippen LogP contribution in [-0.2, 0) is 40.1 Å². The summed E-state index contributed by atoms with van der Waals surface area (Å²) in [5.74, 6) is -0.104. The topological polar surface area (TPSA) is 114 Å². The van der Waals surface area contributed by atoms with Crippen LogP contribution in [0.15, 0.2) is 41.4 Å². The molecule has 1 aliphatic rings. The molecule has 0 atom stereocenters. The average molecular weight is 565 g/mol. The standard InChI is InChI=1S/C27H31F3N4O4S/c1-16-22(23(35)32-13-18-9-10-19(14-31-18)39(5,37)38)33-24(25(2,3)4)34(16)15-17-7-6-8-20(26(36)11-12-26)21(17)27(28,29)30/h6-10,14,36H,11-13,15H2,1-5H3,(H,32,35). The molecule has 0 unspecified atom stereocenters. The Morgan fingerprint density at radius 3 is 2.33 bits per heavy atom. The van der Waals surface area contributed by atoms with Gasteiger partial charge in [0.15, 0.2) is 9.84 Å². The molecule has 2 heterocycles. The number of hydrogen-bond donors (Lipinski definition) is 2. The Kier molecular flexibility index (Phi) is 7.18. The number of sulfone groups is 1. The van der Waals surface area contributed by atoms with Crippen molar-refractivity contribution in [2.45, 2.75) is 75.7 Å². The lowest BCUT2D eigenvalue weighted by Gasteiger charge is -2.24. The summed E-state index contributed by atoms with van der Waals surface area (Å²) in [5, 5.41) is 13.3. The Bertz CT molecular complexity index is 1520. The second-order valence-electron chi connectivity index (χ2n) is 11.0. The summed E-state index contributed by atoms with van der Waals surface area (Å²) in [7, 11) is -3.41.